The lowest BCUT2D eigenvalue weighted by molar-refractivity contribution is -0.137. The lowest BCUT2D eigenvalue weighted by Crippen LogP contribution is -2.19. The number of ether oxygens (including phenoxy) is 1. The SMILES string of the molecule is Nc1ccc(OCCCCC(=O)O)cc1/C=C1\CC(=O)NC1=O. The fourth-order valence-corrected chi connectivity index (χ4v) is 2.14. The number of nitrogens with one attached hydrogen (secondary N) is 1. The van der Waals surface area contributed by atoms with E-state index in [2.05, 4.69) is 5.32 Å². The van der Waals surface area contributed by atoms with E-state index < -0.39 is 11.9 Å². The van der Waals surface area contributed by atoms with Crippen molar-refractivity contribution in [3.8, 4) is 5.75 Å². The molecule has 7 nitrogen and oxygen atoms in total. The van der Waals surface area contributed by atoms with Gasteiger partial charge in [-0.3, -0.25) is 19.7 Å². The molecular formula is C16H18N2O5. The summed E-state index contributed by atoms with van der Waals surface area (Å²) in [5.74, 6) is -0.984. The summed E-state index contributed by atoms with van der Waals surface area (Å²) in [6.45, 7) is 0.395. The number of unbranched alkanes of at least 4 members (excludes halogenated alkanes) is 1. The van der Waals surface area contributed by atoms with Gasteiger partial charge in [-0.1, -0.05) is 0 Å². The number of carboxylic acids is 1. The summed E-state index contributed by atoms with van der Waals surface area (Å²) in [6.07, 6.45) is 2.91. The van der Waals surface area contributed by atoms with Crippen molar-refractivity contribution in [2.24, 2.45) is 0 Å². The molecule has 1 saturated heterocycles. The number of carbonyl (C=O) groups is 3. The number of anilines is 1. The summed E-state index contributed by atoms with van der Waals surface area (Å²) < 4.78 is 5.55. The Hall–Kier alpha value is -2.83. The van der Waals surface area contributed by atoms with Crippen LogP contribution in [0.1, 0.15) is 31.2 Å². The van der Waals surface area contributed by atoms with Gasteiger partial charge < -0.3 is 15.6 Å². The molecule has 0 spiro atoms. The second-order valence-electron chi connectivity index (χ2n) is 5.21. The molecule has 1 fully saturated rings. The maximum atomic E-state index is 11.6. The molecule has 23 heavy (non-hydrogen) atoms. The fourth-order valence-electron chi connectivity index (χ4n) is 2.14. The maximum absolute atomic E-state index is 11.6. The molecule has 0 unspecified atom stereocenters. The number of hydrogen-bond acceptors (Lipinski definition) is 5. The first kappa shape index (κ1) is 16.5. The van der Waals surface area contributed by atoms with E-state index in [9.17, 15) is 14.4 Å². The Balaban J connectivity index is 1.99. The standard InChI is InChI=1S/C16H18N2O5/c17-13-5-4-12(23-6-2-1-3-15(20)21)8-10(13)7-11-9-14(19)18-16(11)22/h4-5,7-8H,1-3,6,9,17H2,(H,20,21)(H,18,19,22)/b11-7+. The average molecular weight is 318 g/mol. The number of rotatable bonds is 7. The van der Waals surface area contributed by atoms with Crippen LogP contribution in [0.3, 0.4) is 0 Å². The predicted octanol–water partition coefficient (Wildman–Crippen LogP) is 1.33. The van der Waals surface area contributed by atoms with Crippen LogP contribution in [0.4, 0.5) is 5.69 Å². The molecule has 0 saturated carbocycles. The maximum Gasteiger partial charge on any atom is 0.303 e. The van der Waals surface area contributed by atoms with E-state index in [1.165, 1.54) is 0 Å². The van der Waals surface area contributed by atoms with Crippen molar-refractivity contribution < 1.29 is 24.2 Å². The van der Waals surface area contributed by atoms with Gasteiger partial charge in [0.25, 0.3) is 5.91 Å². The van der Waals surface area contributed by atoms with Crippen molar-refractivity contribution in [1.82, 2.24) is 5.32 Å². The molecule has 1 aromatic rings. The predicted molar refractivity (Wildman–Crippen MR) is 83.6 cm³/mol. The number of nitrogens with two attached hydrogens (primary N) is 1. The number of aliphatic carboxylic acids is 1. The Labute approximate surface area is 133 Å². The number of imide groups is 1. The van der Waals surface area contributed by atoms with Gasteiger partial charge in [0, 0.05) is 23.2 Å². The van der Waals surface area contributed by atoms with Gasteiger partial charge in [-0.05, 0) is 37.1 Å². The zero-order chi connectivity index (χ0) is 16.8. The van der Waals surface area contributed by atoms with Crippen LogP contribution in [0.25, 0.3) is 6.08 Å². The van der Waals surface area contributed by atoms with Gasteiger partial charge in [-0.25, -0.2) is 0 Å². The molecule has 1 heterocycles. The Morgan fingerprint density at radius 2 is 2.13 bits per heavy atom. The number of hydrogen-bond donors (Lipinski definition) is 3. The number of amides is 2. The largest absolute Gasteiger partial charge is 0.494 e. The molecule has 2 rings (SSSR count). The molecule has 0 bridgehead atoms. The fraction of sp³-hybridized carbons (Fsp3) is 0.312. The highest BCUT2D eigenvalue weighted by molar-refractivity contribution is 6.15. The Bertz CT molecular complexity index is 666. The number of nitrogen functional groups attached to an aromatic ring is 1. The lowest BCUT2D eigenvalue weighted by atomic mass is 10.1. The topological polar surface area (TPSA) is 119 Å². The third-order valence-electron chi connectivity index (χ3n) is 3.34. The van der Waals surface area contributed by atoms with Crippen LogP contribution < -0.4 is 15.8 Å². The monoisotopic (exact) mass is 318 g/mol. The van der Waals surface area contributed by atoms with Gasteiger partial charge in [0.15, 0.2) is 0 Å². The van der Waals surface area contributed by atoms with Gasteiger partial charge in [-0.2, -0.15) is 0 Å². The minimum Gasteiger partial charge on any atom is -0.494 e. The first-order valence-electron chi connectivity index (χ1n) is 7.24. The Kier molecular flexibility index (Phi) is 5.35. The molecule has 0 aliphatic carbocycles. The first-order chi connectivity index (χ1) is 11.0. The summed E-state index contributed by atoms with van der Waals surface area (Å²) in [4.78, 5) is 33.2. The van der Waals surface area contributed by atoms with E-state index in [0.717, 1.165) is 0 Å². The zero-order valence-corrected chi connectivity index (χ0v) is 12.5. The Morgan fingerprint density at radius 1 is 1.35 bits per heavy atom. The number of benzene rings is 1. The Morgan fingerprint density at radius 3 is 2.78 bits per heavy atom. The third kappa shape index (κ3) is 4.84. The van der Waals surface area contributed by atoms with Crippen LogP contribution in [0.5, 0.6) is 5.75 Å². The second kappa shape index (κ2) is 7.44. The summed E-state index contributed by atoms with van der Waals surface area (Å²) in [7, 11) is 0. The molecule has 7 heteroatoms. The minimum absolute atomic E-state index is 0.0402. The summed E-state index contributed by atoms with van der Waals surface area (Å²) in [6, 6.07) is 5.05. The molecule has 0 aromatic heterocycles. The van der Waals surface area contributed by atoms with Crippen LogP contribution in [0.15, 0.2) is 23.8 Å². The summed E-state index contributed by atoms with van der Waals surface area (Å²) in [5, 5.41) is 10.8. The van der Waals surface area contributed by atoms with Crippen LogP contribution >= 0.6 is 0 Å². The number of carbonyl (C=O) groups excluding carboxylic acids is 2. The van der Waals surface area contributed by atoms with Crippen molar-refractivity contribution in [1.29, 1.82) is 0 Å². The average Bonchev–Trinajstić information content (AvgIpc) is 2.79. The lowest BCUT2D eigenvalue weighted by Gasteiger charge is -2.08. The summed E-state index contributed by atoms with van der Waals surface area (Å²) in [5.41, 5.74) is 7.32. The smallest absolute Gasteiger partial charge is 0.303 e. The highest BCUT2D eigenvalue weighted by Gasteiger charge is 2.23. The summed E-state index contributed by atoms with van der Waals surface area (Å²) >= 11 is 0. The van der Waals surface area contributed by atoms with Crippen molar-refractivity contribution in [3.63, 3.8) is 0 Å². The highest BCUT2D eigenvalue weighted by atomic mass is 16.5. The van der Waals surface area contributed by atoms with Crippen molar-refractivity contribution in [2.45, 2.75) is 25.7 Å². The quantitative estimate of drug-likeness (QED) is 0.302. The van der Waals surface area contributed by atoms with E-state index >= 15 is 0 Å². The zero-order valence-electron chi connectivity index (χ0n) is 12.5. The normalized spacial score (nSPS) is 15.7. The third-order valence-corrected chi connectivity index (χ3v) is 3.34. The van der Waals surface area contributed by atoms with Crippen LogP contribution in [-0.2, 0) is 14.4 Å². The van der Waals surface area contributed by atoms with Crippen LogP contribution in [0.2, 0.25) is 0 Å². The second-order valence-corrected chi connectivity index (χ2v) is 5.21. The molecule has 0 atom stereocenters. The molecule has 1 aromatic carbocycles. The van der Waals surface area contributed by atoms with E-state index in [1.54, 1.807) is 24.3 Å². The minimum atomic E-state index is -0.823. The molecule has 0 radical (unpaired) electrons. The molecule has 122 valence electrons. The molecule has 2 amide bonds. The van der Waals surface area contributed by atoms with Gasteiger partial charge >= 0.3 is 5.97 Å². The number of carboxylic acid groups (broad SMARTS) is 1. The molecule has 1 aliphatic rings. The van der Waals surface area contributed by atoms with E-state index in [4.69, 9.17) is 15.6 Å². The van der Waals surface area contributed by atoms with Crippen molar-refractivity contribution >= 4 is 29.5 Å². The molecular weight excluding hydrogens is 300 g/mol. The van der Waals surface area contributed by atoms with Gasteiger partial charge in [0.1, 0.15) is 5.75 Å². The van der Waals surface area contributed by atoms with Crippen molar-refractivity contribution in [2.75, 3.05) is 12.3 Å². The first-order valence-corrected chi connectivity index (χ1v) is 7.24. The van der Waals surface area contributed by atoms with Crippen LogP contribution in [0, 0.1) is 0 Å². The highest BCUT2D eigenvalue weighted by Crippen LogP contribution is 2.24. The molecule has 4 N–H and O–H groups in total. The van der Waals surface area contributed by atoms with Gasteiger partial charge in [-0.15, -0.1) is 0 Å². The van der Waals surface area contributed by atoms with Crippen LogP contribution in [-0.4, -0.2) is 29.5 Å². The van der Waals surface area contributed by atoms with E-state index in [-0.39, 0.29) is 18.7 Å². The van der Waals surface area contributed by atoms with Gasteiger partial charge in [0.2, 0.25) is 5.91 Å². The van der Waals surface area contributed by atoms with Gasteiger partial charge in [0.05, 0.1) is 13.0 Å². The van der Waals surface area contributed by atoms with E-state index in [1.807, 2.05) is 0 Å². The van der Waals surface area contributed by atoms with E-state index in [0.29, 0.717) is 42.0 Å². The van der Waals surface area contributed by atoms with Crippen molar-refractivity contribution in [3.05, 3.63) is 29.3 Å². The molecule has 1 aliphatic heterocycles.